The number of nitrogens with one attached hydrogen (secondary N) is 2. The molecule has 26 heavy (non-hydrogen) atoms. The van der Waals surface area contributed by atoms with Gasteiger partial charge in [0.2, 0.25) is 5.91 Å². The molecule has 0 fully saturated rings. The minimum Gasteiger partial charge on any atom is -0.497 e. The quantitative estimate of drug-likeness (QED) is 0.792. The number of ether oxygens (including phenoxy) is 2. The summed E-state index contributed by atoms with van der Waals surface area (Å²) in [6.07, 6.45) is 0. The number of carbonyl (C=O) groups excluding carboxylic acids is 2. The van der Waals surface area contributed by atoms with Gasteiger partial charge in [0.15, 0.2) is 0 Å². The molecule has 1 aromatic carbocycles. The molecule has 1 unspecified atom stereocenters. The van der Waals surface area contributed by atoms with Crippen LogP contribution in [0.25, 0.3) is 0 Å². The van der Waals surface area contributed by atoms with Crippen LogP contribution in [0.3, 0.4) is 0 Å². The van der Waals surface area contributed by atoms with Gasteiger partial charge in [-0.1, -0.05) is 0 Å². The molecule has 0 aliphatic rings. The van der Waals surface area contributed by atoms with Gasteiger partial charge in [-0.2, -0.15) is 0 Å². The molecule has 0 saturated heterocycles. The van der Waals surface area contributed by atoms with E-state index in [9.17, 15) is 9.59 Å². The molecular weight excluding hydrogens is 336 g/mol. The molecule has 7 nitrogen and oxygen atoms in total. The molecule has 2 aromatic rings. The SMILES string of the molecule is COc1ccc(OC)c(C(C)NC(=O)CNC(=O)c2cc(C)oc2C)c1. The Morgan fingerprint density at radius 1 is 1.15 bits per heavy atom. The molecule has 2 N–H and O–H groups in total. The van der Waals surface area contributed by atoms with Gasteiger partial charge in [-0.15, -0.1) is 0 Å². The van der Waals surface area contributed by atoms with Crippen molar-refractivity contribution in [3.05, 3.63) is 46.9 Å². The first-order chi connectivity index (χ1) is 12.3. The fourth-order valence-corrected chi connectivity index (χ4v) is 2.66. The molecule has 0 aliphatic carbocycles. The number of carbonyl (C=O) groups is 2. The first-order valence-corrected chi connectivity index (χ1v) is 8.22. The average molecular weight is 360 g/mol. The number of amides is 2. The molecule has 1 atom stereocenters. The van der Waals surface area contributed by atoms with Crippen molar-refractivity contribution in [2.75, 3.05) is 20.8 Å². The lowest BCUT2D eigenvalue weighted by atomic mass is 10.1. The highest BCUT2D eigenvalue weighted by molar-refractivity contribution is 5.97. The van der Waals surface area contributed by atoms with Crippen molar-refractivity contribution in [1.82, 2.24) is 10.6 Å². The molecule has 0 saturated carbocycles. The molecular formula is C19H24N2O5. The van der Waals surface area contributed by atoms with Crippen molar-refractivity contribution in [3.63, 3.8) is 0 Å². The average Bonchev–Trinajstić information content (AvgIpc) is 2.97. The van der Waals surface area contributed by atoms with Crippen LogP contribution in [0.4, 0.5) is 0 Å². The molecule has 7 heteroatoms. The summed E-state index contributed by atoms with van der Waals surface area (Å²) < 4.78 is 15.9. The van der Waals surface area contributed by atoms with E-state index in [4.69, 9.17) is 13.9 Å². The van der Waals surface area contributed by atoms with Crippen LogP contribution < -0.4 is 20.1 Å². The zero-order valence-corrected chi connectivity index (χ0v) is 15.6. The van der Waals surface area contributed by atoms with Crippen LogP contribution in [-0.2, 0) is 4.79 Å². The van der Waals surface area contributed by atoms with Gasteiger partial charge in [0.25, 0.3) is 5.91 Å². The topological polar surface area (TPSA) is 89.8 Å². The predicted molar refractivity (Wildman–Crippen MR) is 96.6 cm³/mol. The Hall–Kier alpha value is -2.96. The lowest BCUT2D eigenvalue weighted by Gasteiger charge is -2.18. The molecule has 0 bridgehead atoms. The molecule has 1 aromatic heterocycles. The Balaban J connectivity index is 1.97. The predicted octanol–water partition coefficient (Wildman–Crippen LogP) is 2.52. The molecule has 1 heterocycles. The summed E-state index contributed by atoms with van der Waals surface area (Å²) in [6, 6.07) is 6.70. The summed E-state index contributed by atoms with van der Waals surface area (Å²) in [5.41, 5.74) is 1.21. The second-order valence-electron chi connectivity index (χ2n) is 5.91. The second-order valence-corrected chi connectivity index (χ2v) is 5.91. The Morgan fingerprint density at radius 3 is 2.46 bits per heavy atom. The summed E-state index contributed by atoms with van der Waals surface area (Å²) >= 11 is 0. The normalized spacial score (nSPS) is 11.6. The van der Waals surface area contributed by atoms with Crippen molar-refractivity contribution in [2.24, 2.45) is 0 Å². The van der Waals surface area contributed by atoms with Crippen LogP contribution in [-0.4, -0.2) is 32.6 Å². The molecule has 0 radical (unpaired) electrons. The van der Waals surface area contributed by atoms with Gasteiger partial charge < -0.3 is 24.5 Å². The van der Waals surface area contributed by atoms with Crippen LogP contribution in [0.5, 0.6) is 11.5 Å². The van der Waals surface area contributed by atoms with E-state index in [1.165, 1.54) is 0 Å². The van der Waals surface area contributed by atoms with Crippen LogP contribution in [0.15, 0.2) is 28.7 Å². The standard InChI is InChI=1S/C19H24N2O5/c1-11-8-16(13(3)26-11)19(23)20-10-18(22)21-12(2)15-9-14(24-4)6-7-17(15)25-5/h6-9,12H,10H2,1-5H3,(H,20,23)(H,21,22). The third kappa shape index (κ3) is 4.56. The second kappa shape index (κ2) is 8.42. The Labute approximate surface area is 152 Å². The molecule has 0 aliphatic heterocycles. The minimum absolute atomic E-state index is 0.140. The van der Waals surface area contributed by atoms with Gasteiger partial charge in [-0.3, -0.25) is 9.59 Å². The Morgan fingerprint density at radius 2 is 1.88 bits per heavy atom. The largest absolute Gasteiger partial charge is 0.497 e. The van der Waals surface area contributed by atoms with E-state index in [1.807, 2.05) is 6.92 Å². The van der Waals surface area contributed by atoms with Crippen molar-refractivity contribution in [2.45, 2.75) is 26.8 Å². The molecule has 140 valence electrons. The van der Waals surface area contributed by atoms with Gasteiger partial charge in [0.1, 0.15) is 23.0 Å². The van der Waals surface area contributed by atoms with E-state index in [0.29, 0.717) is 28.6 Å². The number of hydrogen-bond acceptors (Lipinski definition) is 5. The van der Waals surface area contributed by atoms with E-state index in [1.54, 1.807) is 52.3 Å². The van der Waals surface area contributed by atoms with E-state index in [2.05, 4.69) is 10.6 Å². The number of furan rings is 1. The monoisotopic (exact) mass is 360 g/mol. The highest BCUT2D eigenvalue weighted by Gasteiger charge is 2.17. The lowest BCUT2D eigenvalue weighted by Crippen LogP contribution is -2.38. The first-order valence-electron chi connectivity index (χ1n) is 8.22. The Kier molecular flexibility index (Phi) is 6.27. The van der Waals surface area contributed by atoms with Crippen molar-refractivity contribution < 1.29 is 23.5 Å². The highest BCUT2D eigenvalue weighted by Crippen LogP contribution is 2.29. The number of rotatable bonds is 7. The van der Waals surface area contributed by atoms with Crippen molar-refractivity contribution >= 4 is 11.8 Å². The van der Waals surface area contributed by atoms with Gasteiger partial charge in [-0.05, 0) is 45.0 Å². The maximum absolute atomic E-state index is 12.2. The van der Waals surface area contributed by atoms with Crippen LogP contribution in [0.2, 0.25) is 0 Å². The summed E-state index contributed by atoms with van der Waals surface area (Å²) in [5.74, 6) is 1.83. The van der Waals surface area contributed by atoms with Crippen LogP contribution in [0, 0.1) is 13.8 Å². The van der Waals surface area contributed by atoms with Gasteiger partial charge in [-0.25, -0.2) is 0 Å². The lowest BCUT2D eigenvalue weighted by molar-refractivity contribution is -0.120. The zero-order valence-electron chi connectivity index (χ0n) is 15.6. The number of benzene rings is 1. The number of aryl methyl sites for hydroxylation is 2. The van der Waals surface area contributed by atoms with Crippen molar-refractivity contribution in [3.8, 4) is 11.5 Å². The van der Waals surface area contributed by atoms with Crippen LogP contribution in [0.1, 0.15) is 40.4 Å². The number of hydrogen-bond donors (Lipinski definition) is 2. The fourth-order valence-electron chi connectivity index (χ4n) is 2.66. The first kappa shape index (κ1) is 19.4. The highest BCUT2D eigenvalue weighted by atomic mass is 16.5. The molecule has 2 rings (SSSR count). The fraction of sp³-hybridized carbons (Fsp3) is 0.368. The van der Waals surface area contributed by atoms with Gasteiger partial charge >= 0.3 is 0 Å². The smallest absolute Gasteiger partial charge is 0.255 e. The molecule has 0 spiro atoms. The van der Waals surface area contributed by atoms with E-state index in [0.717, 1.165) is 5.56 Å². The number of methoxy groups -OCH3 is 2. The summed E-state index contributed by atoms with van der Waals surface area (Å²) in [6.45, 7) is 5.17. The van der Waals surface area contributed by atoms with E-state index < -0.39 is 0 Å². The van der Waals surface area contributed by atoms with E-state index >= 15 is 0 Å². The maximum atomic E-state index is 12.2. The zero-order chi connectivity index (χ0) is 19.3. The summed E-state index contributed by atoms with van der Waals surface area (Å²) in [5, 5.41) is 5.43. The van der Waals surface area contributed by atoms with Gasteiger partial charge in [0.05, 0.1) is 32.4 Å². The maximum Gasteiger partial charge on any atom is 0.255 e. The third-order valence-electron chi connectivity index (χ3n) is 3.98. The van der Waals surface area contributed by atoms with Gasteiger partial charge in [0, 0.05) is 5.56 Å². The van der Waals surface area contributed by atoms with Crippen molar-refractivity contribution in [1.29, 1.82) is 0 Å². The third-order valence-corrected chi connectivity index (χ3v) is 3.98. The summed E-state index contributed by atoms with van der Waals surface area (Å²) in [4.78, 5) is 24.3. The van der Waals surface area contributed by atoms with E-state index in [-0.39, 0.29) is 24.4 Å². The summed E-state index contributed by atoms with van der Waals surface area (Å²) in [7, 11) is 3.14. The van der Waals surface area contributed by atoms with Crippen LogP contribution >= 0.6 is 0 Å². The Bertz CT molecular complexity index is 797. The molecule has 2 amide bonds. The minimum atomic E-state index is -0.346.